The zero-order valence-electron chi connectivity index (χ0n) is 16.3. The van der Waals surface area contributed by atoms with Gasteiger partial charge in [-0.15, -0.1) is 0 Å². The van der Waals surface area contributed by atoms with Crippen LogP contribution in [0.2, 0.25) is 0 Å². The molecule has 0 aromatic heterocycles. The molecule has 0 aromatic carbocycles. The Bertz CT molecular complexity index is 416. The maximum Gasteiger partial charge on any atom is 0.244 e. The molecular formula is C22H37ClO2. The van der Waals surface area contributed by atoms with E-state index in [9.17, 15) is 4.79 Å². The third-order valence-corrected chi connectivity index (χ3v) is 6.76. The van der Waals surface area contributed by atoms with Crippen LogP contribution in [-0.2, 0) is 9.53 Å². The molecule has 0 bridgehead atoms. The zero-order valence-corrected chi connectivity index (χ0v) is 17.0. The standard InChI is InChI=1S/C22H37ClO2/c1-3-4-5-7-18-9-11-19(12-10-18)20-13-15-22(2,16-14-20)25-17-6-8-21(23)24/h6,8,18-20H,3-5,7,9-17H2,1-2H3/b8-6+. The van der Waals surface area contributed by atoms with E-state index in [1.54, 1.807) is 6.08 Å². The summed E-state index contributed by atoms with van der Waals surface area (Å²) in [4.78, 5) is 10.7. The quantitative estimate of drug-likeness (QED) is 0.258. The number of unbranched alkanes of at least 4 members (excludes halogenated alkanes) is 2. The smallest absolute Gasteiger partial charge is 0.244 e. The highest BCUT2D eigenvalue weighted by atomic mass is 35.5. The van der Waals surface area contributed by atoms with Crippen molar-refractivity contribution in [2.75, 3.05) is 6.61 Å². The third-order valence-electron chi connectivity index (χ3n) is 6.64. The van der Waals surface area contributed by atoms with E-state index < -0.39 is 5.24 Å². The number of rotatable bonds is 9. The van der Waals surface area contributed by atoms with Crippen LogP contribution in [0.1, 0.15) is 90.9 Å². The molecule has 3 heteroatoms. The second-order valence-electron chi connectivity index (χ2n) is 8.58. The molecule has 2 saturated carbocycles. The van der Waals surface area contributed by atoms with Crippen molar-refractivity contribution in [1.82, 2.24) is 0 Å². The van der Waals surface area contributed by atoms with Gasteiger partial charge >= 0.3 is 0 Å². The molecule has 0 radical (unpaired) electrons. The van der Waals surface area contributed by atoms with E-state index >= 15 is 0 Å². The highest BCUT2D eigenvalue weighted by molar-refractivity contribution is 6.66. The van der Waals surface area contributed by atoms with E-state index in [1.165, 1.54) is 70.3 Å². The zero-order chi connectivity index (χ0) is 18.1. The fourth-order valence-corrected chi connectivity index (χ4v) is 4.98. The summed E-state index contributed by atoms with van der Waals surface area (Å²) in [5.74, 6) is 2.88. The molecular weight excluding hydrogens is 332 g/mol. The summed E-state index contributed by atoms with van der Waals surface area (Å²) in [5.41, 5.74) is -0.0203. The molecule has 0 heterocycles. The van der Waals surface area contributed by atoms with Crippen LogP contribution in [0.4, 0.5) is 0 Å². The van der Waals surface area contributed by atoms with Crippen molar-refractivity contribution >= 4 is 16.8 Å². The van der Waals surface area contributed by atoms with E-state index in [0.717, 1.165) is 30.6 Å². The van der Waals surface area contributed by atoms with Gasteiger partial charge in [-0.2, -0.15) is 0 Å². The lowest BCUT2D eigenvalue weighted by Gasteiger charge is -2.42. The average molecular weight is 369 g/mol. The summed E-state index contributed by atoms with van der Waals surface area (Å²) < 4.78 is 6.03. The van der Waals surface area contributed by atoms with Gasteiger partial charge in [0.25, 0.3) is 0 Å². The number of hydrogen-bond acceptors (Lipinski definition) is 2. The van der Waals surface area contributed by atoms with Gasteiger partial charge in [0.1, 0.15) is 0 Å². The van der Waals surface area contributed by atoms with Crippen molar-refractivity contribution in [2.24, 2.45) is 17.8 Å². The maximum atomic E-state index is 10.7. The summed E-state index contributed by atoms with van der Waals surface area (Å²) >= 11 is 5.30. The molecule has 2 rings (SSSR count). The fraction of sp³-hybridized carbons (Fsp3) is 0.864. The molecule has 0 N–H and O–H groups in total. The SMILES string of the molecule is CCCCCC1CCC(C2CCC(C)(OC/C=C/C(=O)Cl)CC2)CC1. The van der Waals surface area contributed by atoms with Gasteiger partial charge in [0.2, 0.25) is 5.24 Å². The Morgan fingerprint density at radius 2 is 1.72 bits per heavy atom. The van der Waals surface area contributed by atoms with Crippen molar-refractivity contribution in [3.63, 3.8) is 0 Å². The number of carbonyl (C=O) groups is 1. The Balaban J connectivity index is 1.65. The third kappa shape index (κ3) is 7.43. The first-order valence-corrected chi connectivity index (χ1v) is 10.9. The number of hydrogen-bond donors (Lipinski definition) is 0. The molecule has 2 fully saturated rings. The van der Waals surface area contributed by atoms with Crippen molar-refractivity contribution in [1.29, 1.82) is 0 Å². The average Bonchev–Trinajstić information content (AvgIpc) is 2.60. The van der Waals surface area contributed by atoms with Crippen LogP contribution in [0.15, 0.2) is 12.2 Å². The van der Waals surface area contributed by atoms with E-state index in [-0.39, 0.29) is 5.60 Å². The molecule has 2 nitrogen and oxygen atoms in total. The van der Waals surface area contributed by atoms with Gasteiger partial charge in [-0.05, 0) is 80.9 Å². The normalized spacial score (nSPS) is 33.6. The van der Waals surface area contributed by atoms with E-state index in [2.05, 4.69) is 13.8 Å². The van der Waals surface area contributed by atoms with Crippen LogP contribution >= 0.6 is 11.6 Å². The van der Waals surface area contributed by atoms with Crippen molar-refractivity contribution in [3.8, 4) is 0 Å². The Hall–Kier alpha value is -0.340. The van der Waals surface area contributed by atoms with Crippen molar-refractivity contribution < 1.29 is 9.53 Å². The number of carbonyl (C=O) groups excluding carboxylic acids is 1. The minimum Gasteiger partial charge on any atom is -0.371 e. The Labute approximate surface area is 159 Å². The molecule has 0 aromatic rings. The van der Waals surface area contributed by atoms with Crippen LogP contribution in [0, 0.1) is 17.8 Å². The molecule has 0 amide bonds. The molecule has 0 saturated heterocycles. The van der Waals surface area contributed by atoms with Crippen molar-refractivity contribution in [3.05, 3.63) is 12.2 Å². The first-order chi connectivity index (χ1) is 12.0. The van der Waals surface area contributed by atoms with Gasteiger partial charge in [0.15, 0.2) is 0 Å². The predicted molar refractivity (Wildman–Crippen MR) is 106 cm³/mol. The van der Waals surface area contributed by atoms with E-state index in [1.807, 2.05) is 0 Å². The lowest BCUT2D eigenvalue weighted by Crippen LogP contribution is -2.36. The number of halogens is 1. The van der Waals surface area contributed by atoms with Gasteiger partial charge in [0.05, 0.1) is 12.2 Å². The minimum absolute atomic E-state index is 0.0203. The number of ether oxygens (including phenoxy) is 1. The predicted octanol–water partition coefficient (Wildman–Crippen LogP) is 6.66. The van der Waals surface area contributed by atoms with Crippen LogP contribution in [0.5, 0.6) is 0 Å². The molecule has 0 atom stereocenters. The Kier molecular flexibility index (Phi) is 8.99. The van der Waals surface area contributed by atoms with Gasteiger partial charge in [-0.3, -0.25) is 4.79 Å². The van der Waals surface area contributed by atoms with Gasteiger partial charge in [0, 0.05) is 0 Å². The summed E-state index contributed by atoms with van der Waals surface area (Å²) in [6, 6.07) is 0. The summed E-state index contributed by atoms with van der Waals surface area (Å²) in [5, 5.41) is -0.428. The maximum absolute atomic E-state index is 10.7. The molecule has 25 heavy (non-hydrogen) atoms. The first kappa shape index (κ1) is 21.0. The van der Waals surface area contributed by atoms with Gasteiger partial charge < -0.3 is 4.74 Å². The largest absolute Gasteiger partial charge is 0.371 e. The second-order valence-corrected chi connectivity index (χ2v) is 8.95. The molecule has 2 aliphatic carbocycles. The minimum atomic E-state index is -0.428. The molecule has 0 unspecified atom stereocenters. The second kappa shape index (κ2) is 10.7. The van der Waals surface area contributed by atoms with Crippen molar-refractivity contribution in [2.45, 2.75) is 96.5 Å². The molecule has 0 aliphatic heterocycles. The van der Waals surface area contributed by atoms with E-state index in [4.69, 9.17) is 16.3 Å². The lowest BCUT2D eigenvalue weighted by atomic mass is 9.68. The first-order valence-electron chi connectivity index (χ1n) is 10.5. The van der Waals surface area contributed by atoms with Gasteiger partial charge in [-0.25, -0.2) is 0 Å². The monoisotopic (exact) mass is 368 g/mol. The van der Waals surface area contributed by atoms with Crippen LogP contribution < -0.4 is 0 Å². The Morgan fingerprint density at radius 3 is 2.32 bits per heavy atom. The Morgan fingerprint density at radius 1 is 1.08 bits per heavy atom. The molecule has 2 aliphatic rings. The highest BCUT2D eigenvalue weighted by Crippen LogP contribution is 2.44. The summed E-state index contributed by atoms with van der Waals surface area (Å²) in [7, 11) is 0. The number of allylic oxidation sites excluding steroid dienone is 1. The molecule has 144 valence electrons. The van der Waals surface area contributed by atoms with Gasteiger partial charge in [-0.1, -0.05) is 51.5 Å². The summed E-state index contributed by atoms with van der Waals surface area (Å²) in [6.45, 7) is 5.01. The van der Waals surface area contributed by atoms with E-state index in [0.29, 0.717) is 6.61 Å². The molecule has 0 spiro atoms. The fourth-order valence-electron chi connectivity index (χ4n) is 4.89. The topological polar surface area (TPSA) is 26.3 Å². The highest BCUT2D eigenvalue weighted by Gasteiger charge is 2.36. The van der Waals surface area contributed by atoms with Crippen LogP contribution in [-0.4, -0.2) is 17.5 Å². The van der Waals surface area contributed by atoms with Crippen LogP contribution in [0.25, 0.3) is 0 Å². The lowest BCUT2D eigenvalue weighted by molar-refractivity contribution is -0.107. The summed E-state index contributed by atoms with van der Waals surface area (Å²) in [6.07, 6.45) is 19.5. The van der Waals surface area contributed by atoms with Crippen LogP contribution in [0.3, 0.4) is 0 Å².